The zero-order chi connectivity index (χ0) is 12.5. The summed E-state index contributed by atoms with van der Waals surface area (Å²) >= 11 is 0. The van der Waals surface area contributed by atoms with Crippen LogP contribution in [0.3, 0.4) is 0 Å². The van der Waals surface area contributed by atoms with Crippen LogP contribution in [-0.2, 0) is 42.1 Å². The van der Waals surface area contributed by atoms with Gasteiger partial charge in [0, 0.05) is 5.56 Å². The third-order valence-electron chi connectivity index (χ3n) is 2.45. The number of hydrogen-bond donors (Lipinski definition) is 0. The van der Waals surface area contributed by atoms with Gasteiger partial charge in [0.25, 0.3) is 0 Å². The van der Waals surface area contributed by atoms with Crippen molar-refractivity contribution >= 4 is 18.7 Å². The molecule has 17 heavy (non-hydrogen) atoms. The van der Waals surface area contributed by atoms with Crippen molar-refractivity contribution in [2.24, 2.45) is 0 Å². The first kappa shape index (κ1) is 16.9. The molecule has 0 radical (unpaired) electrons. The van der Waals surface area contributed by atoms with Crippen LogP contribution in [0.15, 0.2) is 12.1 Å². The van der Waals surface area contributed by atoms with Crippen LogP contribution in [-0.4, -0.2) is 18.2 Å². The molecule has 0 saturated heterocycles. The summed E-state index contributed by atoms with van der Waals surface area (Å²) in [6.45, 7) is 6.63. The molecule has 0 aliphatic rings. The summed E-state index contributed by atoms with van der Waals surface area (Å²) in [7, 11) is -3.50. The van der Waals surface area contributed by atoms with Crippen molar-refractivity contribution in [1.29, 1.82) is 0 Å². The van der Waals surface area contributed by atoms with Crippen LogP contribution in [0.2, 0.25) is 0 Å². The normalized spacial score (nSPS) is 13.4. The molecular formula is C12H14O3PY+2. The van der Waals surface area contributed by atoms with E-state index >= 15 is 0 Å². The van der Waals surface area contributed by atoms with Crippen molar-refractivity contribution in [2.75, 3.05) is 6.66 Å². The monoisotopic (exact) mass is 326 g/mol. The molecule has 0 bridgehead atoms. The molecular weight excluding hydrogens is 312 g/mol. The van der Waals surface area contributed by atoms with E-state index in [0.29, 0.717) is 5.56 Å². The summed E-state index contributed by atoms with van der Waals surface area (Å²) in [4.78, 5) is 22.4. The molecule has 1 aromatic carbocycles. The molecule has 0 fully saturated rings. The summed E-state index contributed by atoms with van der Waals surface area (Å²) in [6.07, 6.45) is 0. The molecule has 0 amide bonds. The quantitative estimate of drug-likeness (QED) is 0.634. The van der Waals surface area contributed by atoms with Gasteiger partial charge in [0.1, 0.15) is 0 Å². The first-order valence-corrected chi connectivity index (χ1v) is 7.04. The Kier molecular flexibility index (Phi) is 6.14. The van der Waals surface area contributed by atoms with E-state index in [4.69, 9.17) is 0 Å². The van der Waals surface area contributed by atoms with Crippen molar-refractivity contribution in [3.63, 3.8) is 0 Å². The Morgan fingerprint density at radius 2 is 1.59 bits per heavy atom. The standard InChI is InChI=1S/C12H14O3P.Y/c1-8-5-9(2)11(10(3)6-8)12(14)16(4,15)7-13;/h5-6H,1-4H3;/q-1;+3. The van der Waals surface area contributed by atoms with Crippen LogP contribution < -0.4 is 0 Å². The minimum Gasteiger partial charge on any atom is -0.533 e. The predicted octanol–water partition coefficient (Wildman–Crippen LogP) is 2.81. The Morgan fingerprint density at radius 3 is 1.94 bits per heavy atom. The second-order valence-electron chi connectivity index (χ2n) is 4.09. The topological polar surface area (TPSA) is 51.2 Å². The van der Waals surface area contributed by atoms with Crippen molar-refractivity contribution in [3.8, 4) is 0 Å². The minimum absolute atomic E-state index is 0. The third-order valence-corrected chi connectivity index (χ3v) is 3.80. The van der Waals surface area contributed by atoms with Gasteiger partial charge in [-0.25, -0.2) is 0 Å². The number of carbonyl (C=O) groups is 1. The van der Waals surface area contributed by atoms with E-state index in [-0.39, 0.29) is 32.7 Å². The molecule has 86 valence electrons. The minimum atomic E-state index is -3.50. The second kappa shape index (κ2) is 6.18. The number of rotatable bonds is 3. The van der Waals surface area contributed by atoms with Gasteiger partial charge in [0.15, 0.2) is 5.52 Å². The Hall–Kier alpha value is -0.106. The first-order chi connectivity index (χ1) is 7.29. The molecule has 0 aromatic heterocycles. The van der Waals surface area contributed by atoms with E-state index in [0.717, 1.165) is 23.4 Å². The Balaban J connectivity index is 0.00000256. The van der Waals surface area contributed by atoms with Gasteiger partial charge in [-0.05, 0) is 38.6 Å². The molecule has 0 heterocycles. The van der Waals surface area contributed by atoms with Gasteiger partial charge in [-0.15, -0.1) is 0 Å². The molecule has 0 spiro atoms. The van der Waals surface area contributed by atoms with Gasteiger partial charge in [0.2, 0.25) is 0 Å². The fourth-order valence-electron chi connectivity index (χ4n) is 1.77. The van der Waals surface area contributed by atoms with Crippen molar-refractivity contribution < 1.29 is 46.9 Å². The average molecular weight is 326 g/mol. The van der Waals surface area contributed by atoms with E-state index in [1.54, 1.807) is 13.8 Å². The van der Waals surface area contributed by atoms with Crippen molar-refractivity contribution in [2.45, 2.75) is 20.8 Å². The van der Waals surface area contributed by atoms with Gasteiger partial charge in [0.05, 0.1) is 7.14 Å². The summed E-state index contributed by atoms with van der Waals surface area (Å²) in [5.74, 6) is 0. The molecule has 0 N–H and O–H groups in total. The molecule has 1 aromatic rings. The number of benzene rings is 1. The molecule has 1 atom stereocenters. The van der Waals surface area contributed by atoms with Gasteiger partial charge < -0.3 is 9.36 Å². The third kappa shape index (κ3) is 3.68. The molecule has 0 aliphatic carbocycles. The SMILES string of the molecule is Cc1cc(C)c(C(=O)P(C)(=O)[C-]=O)c(C)c1.[Y+3]. The smallest absolute Gasteiger partial charge is 0.533 e. The maximum atomic E-state index is 11.9. The van der Waals surface area contributed by atoms with Gasteiger partial charge in [-0.3, -0.25) is 4.79 Å². The summed E-state index contributed by atoms with van der Waals surface area (Å²) in [5.41, 5.74) is 2.32. The van der Waals surface area contributed by atoms with Crippen LogP contribution in [0.25, 0.3) is 0 Å². The first-order valence-electron chi connectivity index (χ1n) is 4.89. The molecule has 0 aliphatic heterocycles. The number of aryl methyl sites for hydroxylation is 3. The van der Waals surface area contributed by atoms with Gasteiger partial charge in [-0.2, -0.15) is 6.03 Å². The Labute approximate surface area is 127 Å². The largest absolute Gasteiger partial charge is 3.00 e. The number of carbonyl (C=O) groups excluding carboxylic acids is 2. The summed E-state index contributed by atoms with van der Waals surface area (Å²) in [5, 5.41) is 0. The van der Waals surface area contributed by atoms with Crippen LogP contribution in [0.5, 0.6) is 0 Å². The maximum absolute atomic E-state index is 11.9. The van der Waals surface area contributed by atoms with Crippen LogP contribution in [0.1, 0.15) is 27.0 Å². The molecule has 3 nitrogen and oxygen atoms in total. The van der Waals surface area contributed by atoms with E-state index in [1.807, 2.05) is 19.1 Å². The molecule has 1 unspecified atom stereocenters. The van der Waals surface area contributed by atoms with Crippen LogP contribution >= 0.6 is 7.14 Å². The fourth-order valence-corrected chi connectivity index (χ4v) is 2.63. The summed E-state index contributed by atoms with van der Waals surface area (Å²) < 4.78 is 11.7. The predicted molar refractivity (Wildman–Crippen MR) is 64.2 cm³/mol. The van der Waals surface area contributed by atoms with Gasteiger partial charge >= 0.3 is 32.7 Å². The van der Waals surface area contributed by atoms with E-state index < -0.39 is 12.7 Å². The fraction of sp³-hybridized carbons (Fsp3) is 0.333. The van der Waals surface area contributed by atoms with Gasteiger partial charge in [-0.1, -0.05) is 17.7 Å². The van der Waals surface area contributed by atoms with E-state index in [9.17, 15) is 14.2 Å². The van der Waals surface area contributed by atoms with E-state index in [1.165, 1.54) is 6.03 Å². The van der Waals surface area contributed by atoms with Crippen LogP contribution in [0.4, 0.5) is 0 Å². The molecule has 5 heteroatoms. The maximum Gasteiger partial charge on any atom is 3.00 e. The zero-order valence-corrected chi connectivity index (χ0v) is 14.1. The van der Waals surface area contributed by atoms with Crippen LogP contribution in [0, 0.1) is 20.8 Å². The summed E-state index contributed by atoms with van der Waals surface area (Å²) in [6, 6.07) is 5.04. The van der Waals surface area contributed by atoms with Crippen molar-refractivity contribution in [3.05, 3.63) is 34.4 Å². The average Bonchev–Trinajstić information content (AvgIpc) is 2.15. The number of hydrogen-bond acceptors (Lipinski definition) is 3. The van der Waals surface area contributed by atoms with Crippen molar-refractivity contribution in [1.82, 2.24) is 0 Å². The zero-order valence-electron chi connectivity index (χ0n) is 10.4. The Morgan fingerprint density at radius 1 is 1.18 bits per heavy atom. The second-order valence-corrected chi connectivity index (χ2v) is 6.53. The Bertz CT molecular complexity index is 485. The molecule has 1 rings (SSSR count). The molecule has 0 saturated carbocycles. The van der Waals surface area contributed by atoms with E-state index in [2.05, 4.69) is 0 Å².